The summed E-state index contributed by atoms with van der Waals surface area (Å²) in [6, 6.07) is 8.07. The van der Waals surface area contributed by atoms with Gasteiger partial charge in [0, 0.05) is 5.57 Å². The highest BCUT2D eigenvalue weighted by Crippen LogP contribution is 2.11. The first-order valence-corrected chi connectivity index (χ1v) is 5.64. The molecular weight excluding hydrogens is 200 g/mol. The van der Waals surface area contributed by atoms with Crippen LogP contribution in [0.1, 0.15) is 37.8 Å². The molecule has 0 amide bonds. The summed E-state index contributed by atoms with van der Waals surface area (Å²) in [4.78, 5) is 10.6. The summed E-state index contributed by atoms with van der Waals surface area (Å²) in [6.45, 7) is 3.78. The van der Waals surface area contributed by atoms with Crippen molar-refractivity contribution >= 4 is 12.0 Å². The van der Waals surface area contributed by atoms with Crippen LogP contribution in [0.3, 0.4) is 0 Å². The van der Waals surface area contributed by atoms with E-state index in [1.54, 1.807) is 13.0 Å². The van der Waals surface area contributed by atoms with Gasteiger partial charge in [-0.1, -0.05) is 37.6 Å². The fraction of sp³-hybridized carbons (Fsp3) is 0.357. The second-order valence-corrected chi connectivity index (χ2v) is 3.98. The van der Waals surface area contributed by atoms with E-state index >= 15 is 0 Å². The van der Waals surface area contributed by atoms with Crippen molar-refractivity contribution < 1.29 is 9.90 Å². The van der Waals surface area contributed by atoms with Crippen LogP contribution in [0.2, 0.25) is 0 Å². The molecule has 0 bridgehead atoms. The SMILES string of the molecule is CCCCc1ccc(/C=C(\C)C(=O)O)cc1. The Hall–Kier alpha value is -1.57. The van der Waals surface area contributed by atoms with Crippen molar-refractivity contribution in [1.29, 1.82) is 0 Å². The highest BCUT2D eigenvalue weighted by atomic mass is 16.4. The number of unbranched alkanes of at least 4 members (excludes halogenated alkanes) is 1. The molecule has 0 saturated heterocycles. The Morgan fingerprint density at radius 1 is 1.31 bits per heavy atom. The maximum absolute atomic E-state index is 10.6. The van der Waals surface area contributed by atoms with Crippen molar-refractivity contribution in [3.8, 4) is 0 Å². The van der Waals surface area contributed by atoms with Crippen molar-refractivity contribution in [2.24, 2.45) is 0 Å². The van der Waals surface area contributed by atoms with Gasteiger partial charge in [0.25, 0.3) is 0 Å². The predicted molar refractivity (Wildman–Crippen MR) is 66.3 cm³/mol. The van der Waals surface area contributed by atoms with E-state index in [-0.39, 0.29) is 0 Å². The van der Waals surface area contributed by atoms with Crippen molar-refractivity contribution in [2.45, 2.75) is 33.1 Å². The van der Waals surface area contributed by atoms with Crippen LogP contribution < -0.4 is 0 Å². The second kappa shape index (κ2) is 6.11. The summed E-state index contributed by atoms with van der Waals surface area (Å²) in [7, 11) is 0. The van der Waals surface area contributed by atoms with Crippen LogP contribution in [0, 0.1) is 0 Å². The summed E-state index contributed by atoms with van der Waals surface area (Å²) >= 11 is 0. The zero-order valence-corrected chi connectivity index (χ0v) is 9.86. The lowest BCUT2D eigenvalue weighted by Gasteiger charge is -2.01. The minimum Gasteiger partial charge on any atom is -0.478 e. The van der Waals surface area contributed by atoms with Crippen LogP contribution in [-0.2, 0) is 11.2 Å². The summed E-state index contributed by atoms with van der Waals surface area (Å²) in [6.07, 6.45) is 5.17. The van der Waals surface area contributed by atoms with Crippen molar-refractivity contribution in [3.63, 3.8) is 0 Å². The van der Waals surface area contributed by atoms with E-state index in [1.807, 2.05) is 12.1 Å². The van der Waals surface area contributed by atoms with Crippen molar-refractivity contribution in [2.75, 3.05) is 0 Å². The van der Waals surface area contributed by atoms with E-state index in [9.17, 15) is 4.79 Å². The quantitative estimate of drug-likeness (QED) is 0.768. The largest absolute Gasteiger partial charge is 0.478 e. The molecule has 0 radical (unpaired) electrons. The molecule has 0 aliphatic heterocycles. The maximum atomic E-state index is 10.6. The van der Waals surface area contributed by atoms with Gasteiger partial charge in [0.15, 0.2) is 0 Å². The fourth-order valence-corrected chi connectivity index (χ4v) is 1.47. The van der Waals surface area contributed by atoms with E-state index in [0.717, 1.165) is 12.0 Å². The molecule has 0 fully saturated rings. The summed E-state index contributed by atoms with van der Waals surface area (Å²) in [5.41, 5.74) is 2.62. The van der Waals surface area contributed by atoms with E-state index < -0.39 is 5.97 Å². The third kappa shape index (κ3) is 3.89. The fourth-order valence-electron chi connectivity index (χ4n) is 1.47. The van der Waals surface area contributed by atoms with Gasteiger partial charge in [0.2, 0.25) is 0 Å². The Morgan fingerprint density at radius 3 is 2.44 bits per heavy atom. The lowest BCUT2D eigenvalue weighted by Crippen LogP contribution is -1.95. The third-order valence-corrected chi connectivity index (χ3v) is 2.52. The maximum Gasteiger partial charge on any atom is 0.331 e. The highest BCUT2D eigenvalue weighted by molar-refractivity contribution is 5.91. The molecule has 0 aliphatic rings. The van der Waals surface area contributed by atoms with E-state index in [1.165, 1.54) is 18.4 Å². The number of aliphatic carboxylic acids is 1. The third-order valence-electron chi connectivity index (χ3n) is 2.52. The Kier molecular flexibility index (Phi) is 4.77. The molecular formula is C14H18O2. The molecule has 0 saturated carbocycles. The number of carboxylic acid groups (broad SMARTS) is 1. The average molecular weight is 218 g/mol. The van der Waals surface area contributed by atoms with Gasteiger partial charge < -0.3 is 5.11 Å². The molecule has 0 spiro atoms. The zero-order valence-electron chi connectivity index (χ0n) is 9.86. The van der Waals surface area contributed by atoms with Gasteiger partial charge in [-0.2, -0.15) is 0 Å². The van der Waals surface area contributed by atoms with E-state index in [4.69, 9.17) is 5.11 Å². The molecule has 0 atom stereocenters. The zero-order chi connectivity index (χ0) is 12.0. The first kappa shape index (κ1) is 12.5. The van der Waals surface area contributed by atoms with Gasteiger partial charge in [0.1, 0.15) is 0 Å². The second-order valence-electron chi connectivity index (χ2n) is 3.98. The van der Waals surface area contributed by atoms with Gasteiger partial charge in [-0.3, -0.25) is 0 Å². The number of carbonyl (C=O) groups is 1. The number of benzene rings is 1. The Balaban J connectivity index is 2.71. The van der Waals surface area contributed by atoms with E-state index in [0.29, 0.717) is 5.57 Å². The molecule has 86 valence electrons. The smallest absolute Gasteiger partial charge is 0.331 e. The van der Waals surface area contributed by atoms with Crippen LogP contribution in [0.15, 0.2) is 29.8 Å². The van der Waals surface area contributed by atoms with Crippen LogP contribution in [0.4, 0.5) is 0 Å². The average Bonchev–Trinajstić information content (AvgIpc) is 2.28. The Labute approximate surface area is 96.6 Å². The molecule has 1 rings (SSSR count). The van der Waals surface area contributed by atoms with Gasteiger partial charge >= 0.3 is 5.97 Å². The lowest BCUT2D eigenvalue weighted by atomic mass is 10.1. The number of hydrogen-bond donors (Lipinski definition) is 1. The van der Waals surface area contributed by atoms with E-state index in [2.05, 4.69) is 19.1 Å². The molecule has 2 heteroatoms. The molecule has 16 heavy (non-hydrogen) atoms. The monoisotopic (exact) mass is 218 g/mol. The molecule has 0 aliphatic carbocycles. The summed E-state index contributed by atoms with van der Waals surface area (Å²) in [5, 5.41) is 8.75. The predicted octanol–water partition coefficient (Wildman–Crippen LogP) is 3.52. The standard InChI is InChI=1S/C14H18O2/c1-3-4-5-12-6-8-13(9-7-12)10-11(2)14(15)16/h6-10H,3-5H2,1-2H3,(H,15,16)/b11-10+. The van der Waals surface area contributed by atoms with Crippen LogP contribution >= 0.6 is 0 Å². The van der Waals surface area contributed by atoms with Gasteiger partial charge in [0.05, 0.1) is 0 Å². The number of hydrogen-bond acceptors (Lipinski definition) is 1. The van der Waals surface area contributed by atoms with Gasteiger partial charge in [-0.25, -0.2) is 4.79 Å². The number of carboxylic acids is 1. The molecule has 2 nitrogen and oxygen atoms in total. The topological polar surface area (TPSA) is 37.3 Å². The van der Waals surface area contributed by atoms with Crippen LogP contribution in [0.25, 0.3) is 6.08 Å². The van der Waals surface area contributed by atoms with Crippen LogP contribution in [0.5, 0.6) is 0 Å². The summed E-state index contributed by atoms with van der Waals surface area (Å²) in [5.74, 6) is -0.866. The Bertz CT molecular complexity index is 374. The van der Waals surface area contributed by atoms with Crippen molar-refractivity contribution in [3.05, 3.63) is 41.0 Å². The molecule has 0 heterocycles. The first-order valence-electron chi connectivity index (χ1n) is 5.64. The summed E-state index contributed by atoms with van der Waals surface area (Å²) < 4.78 is 0. The normalized spacial score (nSPS) is 11.5. The van der Waals surface area contributed by atoms with Gasteiger partial charge in [-0.15, -0.1) is 0 Å². The molecule has 1 N–H and O–H groups in total. The molecule has 0 unspecified atom stereocenters. The van der Waals surface area contributed by atoms with Crippen molar-refractivity contribution in [1.82, 2.24) is 0 Å². The minimum absolute atomic E-state index is 0.362. The molecule has 0 aromatic heterocycles. The highest BCUT2D eigenvalue weighted by Gasteiger charge is 1.99. The minimum atomic E-state index is -0.866. The number of aryl methyl sites for hydroxylation is 1. The molecule has 1 aromatic rings. The van der Waals surface area contributed by atoms with Gasteiger partial charge in [-0.05, 0) is 37.0 Å². The number of rotatable bonds is 5. The molecule has 1 aromatic carbocycles. The Morgan fingerprint density at radius 2 is 1.94 bits per heavy atom. The first-order chi connectivity index (χ1) is 7.63. The lowest BCUT2D eigenvalue weighted by molar-refractivity contribution is -0.132. The van der Waals surface area contributed by atoms with Crippen LogP contribution in [-0.4, -0.2) is 11.1 Å².